The van der Waals surface area contributed by atoms with Gasteiger partial charge in [0, 0.05) is 31.1 Å². The fraction of sp³-hybridized carbons (Fsp3) is 0.526. The van der Waals surface area contributed by atoms with Gasteiger partial charge >= 0.3 is 0 Å². The van der Waals surface area contributed by atoms with E-state index in [4.69, 9.17) is 4.42 Å². The van der Waals surface area contributed by atoms with Crippen LogP contribution in [0.2, 0.25) is 0 Å². The minimum absolute atomic E-state index is 0.0149. The summed E-state index contributed by atoms with van der Waals surface area (Å²) in [5, 5.41) is 9.91. The summed E-state index contributed by atoms with van der Waals surface area (Å²) in [7, 11) is 0. The first-order valence-electron chi connectivity index (χ1n) is 9.32. The number of rotatable bonds is 4. The summed E-state index contributed by atoms with van der Waals surface area (Å²) in [5.41, 5.74) is 1.00. The van der Waals surface area contributed by atoms with Crippen molar-refractivity contribution >= 4 is 11.8 Å². The lowest BCUT2D eigenvalue weighted by molar-refractivity contribution is -0.134. The highest BCUT2D eigenvalue weighted by molar-refractivity contribution is 5.93. The van der Waals surface area contributed by atoms with Crippen molar-refractivity contribution in [2.75, 3.05) is 13.1 Å². The number of hydrogen-bond acceptors (Lipinski definition) is 4. The van der Waals surface area contributed by atoms with Gasteiger partial charge in [0.2, 0.25) is 5.91 Å². The van der Waals surface area contributed by atoms with E-state index in [1.807, 2.05) is 24.0 Å². The Bertz CT molecular complexity index is 803. The second-order valence-electron chi connectivity index (χ2n) is 7.30. The number of likely N-dealkylation sites (tertiary alicyclic amines) is 1. The molecule has 1 saturated carbocycles. The van der Waals surface area contributed by atoms with Crippen molar-refractivity contribution in [2.45, 2.75) is 45.1 Å². The first-order valence-corrected chi connectivity index (χ1v) is 9.32. The van der Waals surface area contributed by atoms with E-state index >= 15 is 0 Å². The highest BCUT2D eigenvalue weighted by atomic mass is 16.3. The number of aromatic nitrogens is 2. The first-order chi connectivity index (χ1) is 12.6. The molecule has 2 aliphatic rings. The molecule has 3 heterocycles. The number of furan rings is 1. The molecule has 26 heavy (non-hydrogen) atoms. The van der Waals surface area contributed by atoms with Crippen molar-refractivity contribution in [1.82, 2.24) is 20.4 Å². The van der Waals surface area contributed by atoms with Crippen LogP contribution in [0.5, 0.6) is 0 Å². The Kier molecular flexibility index (Phi) is 4.53. The lowest BCUT2D eigenvalue weighted by atomic mass is 10.1. The van der Waals surface area contributed by atoms with E-state index < -0.39 is 0 Å². The minimum atomic E-state index is -0.226. The van der Waals surface area contributed by atoms with E-state index in [0.29, 0.717) is 23.7 Å². The highest BCUT2D eigenvalue weighted by Gasteiger charge is 2.33. The van der Waals surface area contributed by atoms with Crippen LogP contribution in [0.15, 0.2) is 22.6 Å². The van der Waals surface area contributed by atoms with Crippen LogP contribution in [0.1, 0.15) is 48.4 Å². The monoisotopic (exact) mass is 356 g/mol. The molecule has 2 N–H and O–H groups in total. The number of carbonyl (C=O) groups is 2. The number of amides is 2. The van der Waals surface area contributed by atoms with Crippen LogP contribution < -0.4 is 5.32 Å². The number of hydrogen-bond donors (Lipinski definition) is 2. The normalized spacial score (nSPS) is 20.7. The predicted octanol–water partition coefficient (Wildman–Crippen LogP) is 2.50. The van der Waals surface area contributed by atoms with Gasteiger partial charge in [0.15, 0.2) is 11.5 Å². The summed E-state index contributed by atoms with van der Waals surface area (Å²) >= 11 is 0. The van der Waals surface area contributed by atoms with Crippen LogP contribution in [0, 0.1) is 12.8 Å². The molecular formula is C19H24N4O3. The van der Waals surface area contributed by atoms with Gasteiger partial charge in [0.05, 0.1) is 0 Å². The standard InChI is InChI=1S/C19H24N4O3/c1-12-6-7-17(26-12)15-10-16(22-21-15)18(24)20-14-8-9-23(11-14)19(25)13-4-2-3-5-13/h6-7,10,13-14H,2-5,8-9,11H2,1H3,(H,20,24)(H,21,22). The minimum Gasteiger partial charge on any atom is -0.460 e. The van der Waals surface area contributed by atoms with Crippen molar-refractivity contribution in [3.8, 4) is 11.5 Å². The van der Waals surface area contributed by atoms with Gasteiger partial charge in [-0.15, -0.1) is 0 Å². The third-order valence-corrected chi connectivity index (χ3v) is 5.36. The topological polar surface area (TPSA) is 91.2 Å². The second-order valence-corrected chi connectivity index (χ2v) is 7.30. The van der Waals surface area contributed by atoms with Gasteiger partial charge in [-0.2, -0.15) is 5.10 Å². The Balaban J connectivity index is 1.34. The van der Waals surface area contributed by atoms with Gasteiger partial charge in [0.1, 0.15) is 11.5 Å². The molecule has 1 unspecified atom stereocenters. The maximum Gasteiger partial charge on any atom is 0.272 e. The van der Waals surface area contributed by atoms with Crippen molar-refractivity contribution in [3.05, 3.63) is 29.7 Å². The molecule has 1 atom stereocenters. The fourth-order valence-corrected chi connectivity index (χ4v) is 3.91. The Morgan fingerprint density at radius 3 is 2.81 bits per heavy atom. The molecule has 2 amide bonds. The first kappa shape index (κ1) is 16.9. The van der Waals surface area contributed by atoms with E-state index in [0.717, 1.165) is 44.4 Å². The number of nitrogens with zero attached hydrogens (tertiary/aromatic N) is 2. The number of aromatic amines is 1. The summed E-state index contributed by atoms with van der Waals surface area (Å²) in [6, 6.07) is 5.38. The van der Waals surface area contributed by atoms with Crippen LogP contribution >= 0.6 is 0 Å². The van der Waals surface area contributed by atoms with Crippen molar-refractivity contribution in [3.63, 3.8) is 0 Å². The van der Waals surface area contributed by atoms with E-state index in [9.17, 15) is 9.59 Å². The molecule has 0 spiro atoms. The number of H-pyrrole nitrogens is 1. The molecule has 1 aliphatic carbocycles. The third-order valence-electron chi connectivity index (χ3n) is 5.36. The van der Waals surface area contributed by atoms with E-state index in [1.54, 1.807) is 6.07 Å². The summed E-state index contributed by atoms with van der Waals surface area (Å²) < 4.78 is 5.54. The maximum atomic E-state index is 12.5. The summed E-state index contributed by atoms with van der Waals surface area (Å²) in [4.78, 5) is 26.9. The zero-order valence-corrected chi connectivity index (χ0v) is 15.0. The summed E-state index contributed by atoms with van der Waals surface area (Å²) in [5.74, 6) is 1.68. The number of carbonyl (C=O) groups excluding carboxylic acids is 2. The van der Waals surface area contributed by atoms with Crippen molar-refractivity contribution in [1.29, 1.82) is 0 Å². The second kappa shape index (κ2) is 6.97. The Morgan fingerprint density at radius 1 is 1.27 bits per heavy atom. The van der Waals surface area contributed by atoms with Gasteiger partial charge in [-0.05, 0) is 38.3 Å². The molecule has 138 valence electrons. The molecule has 2 aromatic rings. The Hall–Kier alpha value is -2.57. The quantitative estimate of drug-likeness (QED) is 0.880. The summed E-state index contributed by atoms with van der Waals surface area (Å²) in [6.07, 6.45) is 5.12. The average Bonchev–Trinajstić information content (AvgIpc) is 3.40. The van der Waals surface area contributed by atoms with Crippen LogP contribution in [0.4, 0.5) is 0 Å². The van der Waals surface area contributed by atoms with Gasteiger partial charge < -0.3 is 14.6 Å². The maximum absolute atomic E-state index is 12.5. The van der Waals surface area contributed by atoms with Gasteiger partial charge in [-0.25, -0.2) is 0 Å². The molecule has 7 nitrogen and oxygen atoms in total. The van der Waals surface area contributed by atoms with E-state index in [2.05, 4.69) is 15.5 Å². The molecule has 0 aromatic carbocycles. The number of nitrogens with one attached hydrogen (secondary N) is 2. The average molecular weight is 356 g/mol. The molecule has 7 heteroatoms. The molecule has 1 aliphatic heterocycles. The van der Waals surface area contributed by atoms with Crippen LogP contribution in [0.3, 0.4) is 0 Å². The molecule has 2 fully saturated rings. The lowest BCUT2D eigenvalue weighted by Crippen LogP contribution is -2.40. The SMILES string of the molecule is Cc1ccc(-c2cc(C(=O)NC3CCN(C(=O)C4CCCC4)C3)n[nH]2)o1. The lowest BCUT2D eigenvalue weighted by Gasteiger charge is -2.20. The zero-order chi connectivity index (χ0) is 18.1. The van der Waals surface area contributed by atoms with E-state index in [1.165, 1.54) is 0 Å². The van der Waals surface area contributed by atoms with E-state index in [-0.39, 0.29) is 23.8 Å². The van der Waals surface area contributed by atoms with Gasteiger partial charge in [-0.3, -0.25) is 14.7 Å². The highest BCUT2D eigenvalue weighted by Crippen LogP contribution is 2.28. The Labute approximate surface area is 152 Å². The summed E-state index contributed by atoms with van der Waals surface area (Å²) in [6.45, 7) is 3.18. The van der Waals surface area contributed by atoms with Crippen molar-refractivity contribution < 1.29 is 14.0 Å². The number of aryl methyl sites for hydroxylation is 1. The molecule has 0 radical (unpaired) electrons. The smallest absolute Gasteiger partial charge is 0.272 e. The van der Waals surface area contributed by atoms with Crippen LogP contribution in [0.25, 0.3) is 11.5 Å². The van der Waals surface area contributed by atoms with Gasteiger partial charge in [-0.1, -0.05) is 12.8 Å². The molecule has 2 aromatic heterocycles. The largest absolute Gasteiger partial charge is 0.460 e. The molecule has 0 bridgehead atoms. The van der Waals surface area contributed by atoms with Crippen LogP contribution in [-0.4, -0.2) is 46.0 Å². The molecule has 4 rings (SSSR count). The zero-order valence-electron chi connectivity index (χ0n) is 15.0. The fourth-order valence-electron chi connectivity index (χ4n) is 3.91. The molecule has 1 saturated heterocycles. The van der Waals surface area contributed by atoms with Crippen LogP contribution in [-0.2, 0) is 4.79 Å². The van der Waals surface area contributed by atoms with Gasteiger partial charge in [0.25, 0.3) is 5.91 Å². The van der Waals surface area contributed by atoms with Crippen molar-refractivity contribution in [2.24, 2.45) is 5.92 Å². The predicted molar refractivity (Wildman–Crippen MR) is 95.4 cm³/mol. The third kappa shape index (κ3) is 3.38. The Morgan fingerprint density at radius 2 is 2.08 bits per heavy atom. The molecular weight excluding hydrogens is 332 g/mol.